The van der Waals surface area contributed by atoms with Gasteiger partial charge in [0, 0.05) is 22.3 Å². The van der Waals surface area contributed by atoms with Crippen LogP contribution in [-0.2, 0) is 16.0 Å². The lowest BCUT2D eigenvalue weighted by Crippen LogP contribution is -2.34. The molecular weight excluding hydrogens is 345 g/mol. The lowest BCUT2D eigenvalue weighted by atomic mass is 10.1. The highest BCUT2D eigenvalue weighted by atomic mass is 35.5. The number of carbonyl (C=O) groups excluding carboxylic acids is 2. The summed E-state index contributed by atoms with van der Waals surface area (Å²) in [5.74, 6) is -4.02. The molecule has 0 radical (unpaired) electrons. The van der Waals surface area contributed by atoms with E-state index in [0.717, 1.165) is 12.1 Å². The summed E-state index contributed by atoms with van der Waals surface area (Å²) in [5, 5.41) is 4.69. The van der Waals surface area contributed by atoms with Crippen molar-refractivity contribution in [2.24, 2.45) is 0 Å². The van der Waals surface area contributed by atoms with Gasteiger partial charge in [0.25, 0.3) is 0 Å². The van der Waals surface area contributed by atoms with E-state index in [-0.39, 0.29) is 22.7 Å². The van der Waals surface area contributed by atoms with Crippen molar-refractivity contribution >= 4 is 29.1 Å². The molecule has 0 unspecified atom stereocenters. The first-order valence-corrected chi connectivity index (χ1v) is 7.19. The first-order valence-electron chi connectivity index (χ1n) is 6.81. The minimum absolute atomic E-state index is 0.0256. The van der Waals surface area contributed by atoms with Crippen LogP contribution in [0.4, 0.5) is 18.9 Å². The van der Waals surface area contributed by atoms with Crippen molar-refractivity contribution in [2.45, 2.75) is 6.42 Å². The molecule has 2 rings (SSSR count). The minimum atomic E-state index is -1.11. The van der Waals surface area contributed by atoms with E-state index in [2.05, 4.69) is 10.6 Å². The lowest BCUT2D eigenvalue weighted by Gasteiger charge is -2.08. The van der Waals surface area contributed by atoms with Gasteiger partial charge in [0.15, 0.2) is 11.6 Å². The van der Waals surface area contributed by atoms with Gasteiger partial charge in [0.2, 0.25) is 11.8 Å². The Labute approximate surface area is 140 Å². The summed E-state index contributed by atoms with van der Waals surface area (Å²) in [6.07, 6.45) is -0.329. The number of benzene rings is 2. The van der Waals surface area contributed by atoms with Crippen molar-refractivity contribution < 1.29 is 22.8 Å². The summed E-state index contributed by atoms with van der Waals surface area (Å²) in [6, 6.07) is 6.89. The largest absolute Gasteiger partial charge is 0.347 e. The van der Waals surface area contributed by atoms with Crippen molar-refractivity contribution in [3.8, 4) is 0 Å². The predicted octanol–water partition coefficient (Wildman–Crippen LogP) is 3.05. The van der Waals surface area contributed by atoms with Gasteiger partial charge in [0.1, 0.15) is 5.82 Å². The van der Waals surface area contributed by atoms with Gasteiger partial charge in [-0.15, -0.1) is 0 Å². The topological polar surface area (TPSA) is 58.2 Å². The van der Waals surface area contributed by atoms with Crippen LogP contribution in [0.25, 0.3) is 0 Å². The molecule has 0 saturated carbocycles. The molecular formula is C16H12ClF3N2O2. The van der Waals surface area contributed by atoms with Gasteiger partial charge in [-0.3, -0.25) is 9.59 Å². The number of carbonyl (C=O) groups is 2. The van der Waals surface area contributed by atoms with Crippen molar-refractivity contribution in [3.63, 3.8) is 0 Å². The van der Waals surface area contributed by atoms with Crippen molar-refractivity contribution in [1.29, 1.82) is 0 Å². The highest BCUT2D eigenvalue weighted by Gasteiger charge is 2.13. The number of hydrogen-bond donors (Lipinski definition) is 2. The Morgan fingerprint density at radius 3 is 2.38 bits per heavy atom. The third kappa shape index (κ3) is 4.73. The second-order valence-electron chi connectivity index (χ2n) is 4.83. The minimum Gasteiger partial charge on any atom is -0.347 e. The molecule has 2 amide bonds. The van der Waals surface area contributed by atoms with E-state index in [4.69, 9.17) is 11.6 Å². The molecule has 0 spiro atoms. The molecule has 24 heavy (non-hydrogen) atoms. The third-order valence-electron chi connectivity index (χ3n) is 3.05. The second kappa shape index (κ2) is 7.83. The van der Waals surface area contributed by atoms with Crippen LogP contribution in [0.3, 0.4) is 0 Å². The van der Waals surface area contributed by atoms with Crippen LogP contribution in [0.2, 0.25) is 5.02 Å². The fourth-order valence-electron chi connectivity index (χ4n) is 1.88. The molecule has 0 aliphatic rings. The Kier molecular flexibility index (Phi) is 5.81. The molecule has 0 heterocycles. The van der Waals surface area contributed by atoms with Gasteiger partial charge in [-0.25, -0.2) is 13.2 Å². The van der Waals surface area contributed by atoms with Crippen LogP contribution in [0.15, 0.2) is 36.4 Å². The van der Waals surface area contributed by atoms with Crippen LogP contribution >= 0.6 is 11.6 Å². The van der Waals surface area contributed by atoms with Crippen LogP contribution < -0.4 is 10.6 Å². The summed E-state index contributed by atoms with van der Waals surface area (Å²) in [7, 11) is 0. The Bertz CT molecular complexity index is 764. The van der Waals surface area contributed by atoms with Gasteiger partial charge in [0.05, 0.1) is 13.0 Å². The van der Waals surface area contributed by atoms with Crippen LogP contribution in [0.5, 0.6) is 0 Å². The van der Waals surface area contributed by atoms with E-state index in [1.165, 1.54) is 24.3 Å². The molecule has 0 atom stereocenters. The molecule has 0 fully saturated rings. The molecule has 0 aliphatic heterocycles. The molecule has 4 nitrogen and oxygen atoms in total. The molecule has 2 N–H and O–H groups in total. The Morgan fingerprint density at radius 2 is 1.71 bits per heavy atom. The fourth-order valence-corrected chi connectivity index (χ4v) is 2.11. The van der Waals surface area contributed by atoms with E-state index in [9.17, 15) is 22.8 Å². The first kappa shape index (κ1) is 17.8. The van der Waals surface area contributed by atoms with Crippen molar-refractivity contribution in [1.82, 2.24) is 5.32 Å². The first-order chi connectivity index (χ1) is 11.4. The van der Waals surface area contributed by atoms with Gasteiger partial charge in [-0.05, 0) is 24.3 Å². The number of anilines is 1. The summed E-state index contributed by atoms with van der Waals surface area (Å²) in [6.45, 7) is -0.413. The van der Waals surface area contributed by atoms with Gasteiger partial charge >= 0.3 is 0 Å². The zero-order valence-electron chi connectivity index (χ0n) is 12.2. The van der Waals surface area contributed by atoms with Gasteiger partial charge in [-0.1, -0.05) is 17.7 Å². The molecule has 2 aromatic rings. The molecule has 8 heteroatoms. The summed E-state index contributed by atoms with van der Waals surface area (Å²) >= 11 is 5.81. The number of halogens is 4. The SMILES string of the molecule is O=C(Cc1c(F)cccc1Cl)NCC(=O)Nc1ccc(F)c(F)c1. The lowest BCUT2D eigenvalue weighted by molar-refractivity contribution is -0.123. The summed E-state index contributed by atoms with van der Waals surface area (Å²) < 4.78 is 39.4. The highest BCUT2D eigenvalue weighted by molar-refractivity contribution is 6.31. The Balaban J connectivity index is 1.87. The standard InChI is InChI=1S/C16H12ClF3N2O2/c17-11-2-1-3-12(18)10(11)7-15(23)21-8-16(24)22-9-4-5-13(19)14(20)6-9/h1-6H,7-8H2,(H,21,23)(H,22,24). The van der Waals surface area contributed by atoms with E-state index >= 15 is 0 Å². The second-order valence-corrected chi connectivity index (χ2v) is 5.24. The maximum Gasteiger partial charge on any atom is 0.243 e. The van der Waals surface area contributed by atoms with Crippen LogP contribution in [0, 0.1) is 17.5 Å². The average molecular weight is 357 g/mol. The van der Waals surface area contributed by atoms with E-state index in [1.54, 1.807) is 0 Å². The van der Waals surface area contributed by atoms with Gasteiger partial charge < -0.3 is 10.6 Å². The molecule has 126 valence electrons. The quantitative estimate of drug-likeness (QED) is 0.865. The van der Waals surface area contributed by atoms with E-state index < -0.39 is 35.8 Å². The maximum absolute atomic E-state index is 13.6. The zero-order chi connectivity index (χ0) is 17.7. The van der Waals surface area contributed by atoms with Gasteiger partial charge in [-0.2, -0.15) is 0 Å². The number of nitrogens with one attached hydrogen (secondary N) is 2. The maximum atomic E-state index is 13.6. The number of rotatable bonds is 5. The smallest absolute Gasteiger partial charge is 0.243 e. The third-order valence-corrected chi connectivity index (χ3v) is 3.40. The summed E-state index contributed by atoms with van der Waals surface area (Å²) in [5.41, 5.74) is 0.0722. The summed E-state index contributed by atoms with van der Waals surface area (Å²) in [4.78, 5) is 23.4. The highest BCUT2D eigenvalue weighted by Crippen LogP contribution is 2.19. The van der Waals surface area contributed by atoms with Crippen molar-refractivity contribution in [3.05, 3.63) is 64.4 Å². The van der Waals surface area contributed by atoms with E-state index in [0.29, 0.717) is 0 Å². The molecule has 0 aromatic heterocycles. The monoisotopic (exact) mass is 356 g/mol. The number of amides is 2. The molecule has 0 bridgehead atoms. The van der Waals surface area contributed by atoms with Crippen LogP contribution in [0.1, 0.15) is 5.56 Å². The fraction of sp³-hybridized carbons (Fsp3) is 0.125. The zero-order valence-corrected chi connectivity index (χ0v) is 13.0. The normalized spacial score (nSPS) is 10.3. The molecule has 0 saturated heterocycles. The van der Waals surface area contributed by atoms with E-state index in [1.807, 2.05) is 0 Å². The van der Waals surface area contributed by atoms with Crippen LogP contribution in [-0.4, -0.2) is 18.4 Å². The molecule has 0 aliphatic carbocycles. The predicted molar refractivity (Wildman–Crippen MR) is 83.1 cm³/mol. The Morgan fingerprint density at radius 1 is 0.958 bits per heavy atom. The molecule has 2 aromatic carbocycles. The average Bonchev–Trinajstić information content (AvgIpc) is 2.53. The Hall–Kier alpha value is -2.54. The number of hydrogen-bond acceptors (Lipinski definition) is 2. The van der Waals surface area contributed by atoms with Crippen molar-refractivity contribution in [2.75, 3.05) is 11.9 Å².